The third-order valence-electron chi connectivity index (χ3n) is 6.13. The average molecular weight is 348 g/mol. The number of aliphatic hydroxyl groups is 2. The standard InChI is InChI=1S/C21H32O4/c1-3-14(15-4-6-18(23)7-5-15)10-19(8-13(2)22)25-21-12-16-9-17(21)11-20(16)24/h4-7,13-14,16-17,19-24H,3,8-12H2,1-2H3. The first-order valence-corrected chi connectivity index (χ1v) is 9.76. The third kappa shape index (κ3) is 4.55. The summed E-state index contributed by atoms with van der Waals surface area (Å²) in [6, 6.07) is 7.44. The van der Waals surface area contributed by atoms with Gasteiger partial charge in [-0.15, -0.1) is 0 Å². The maximum Gasteiger partial charge on any atom is 0.115 e. The molecule has 0 aliphatic heterocycles. The summed E-state index contributed by atoms with van der Waals surface area (Å²) < 4.78 is 6.46. The first-order valence-electron chi connectivity index (χ1n) is 9.76. The van der Waals surface area contributed by atoms with E-state index in [-0.39, 0.29) is 30.2 Å². The number of phenolic OH excluding ortho intramolecular Hbond substituents is 1. The number of aromatic hydroxyl groups is 1. The molecule has 2 aliphatic carbocycles. The first-order chi connectivity index (χ1) is 12.0. The maximum absolute atomic E-state index is 9.96. The van der Waals surface area contributed by atoms with Crippen LogP contribution in [-0.2, 0) is 4.74 Å². The van der Waals surface area contributed by atoms with Crippen LogP contribution in [0.15, 0.2) is 24.3 Å². The van der Waals surface area contributed by atoms with Gasteiger partial charge in [-0.25, -0.2) is 0 Å². The van der Waals surface area contributed by atoms with Gasteiger partial charge in [0.1, 0.15) is 5.75 Å². The summed E-state index contributed by atoms with van der Waals surface area (Å²) in [7, 11) is 0. The lowest BCUT2D eigenvalue weighted by Crippen LogP contribution is -2.33. The summed E-state index contributed by atoms with van der Waals surface area (Å²) in [5.41, 5.74) is 1.21. The van der Waals surface area contributed by atoms with Crippen molar-refractivity contribution in [3.05, 3.63) is 29.8 Å². The second-order valence-electron chi connectivity index (χ2n) is 8.11. The van der Waals surface area contributed by atoms with E-state index in [9.17, 15) is 15.3 Å². The number of benzene rings is 1. The molecule has 140 valence electrons. The van der Waals surface area contributed by atoms with E-state index in [0.29, 0.717) is 24.2 Å². The van der Waals surface area contributed by atoms with E-state index in [0.717, 1.165) is 32.1 Å². The maximum atomic E-state index is 9.96. The van der Waals surface area contributed by atoms with Gasteiger partial charge in [-0.2, -0.15) is 0 Å². The van der Waals surface area contributed by atoms with E-state index < -0.39 is 0 Å². The number of rotatable bonds is 8. The monoisotopic (exact) mass is 348 g/mol. The van der Waals surface area contributed by atoms with Crippen LogP contribution in [0.4, 0.5) is 0 Å². The highest BCUT2D eigenvalue weighted by Gasteiger charge is 2.46. The van der Waals surface area contributed by atoms with E-state index in [1.165, 1.54) is 5.56 Å². The fraction of sp³-hybridized carbons (Fsp3) is 0.714. The number of fused-ring (bicyclic) bond motifs is 2. The molecule has 3 rings (SSSR count). The van der Waals surface area contributed by atoms with Gasteiger partial charge >= 0.3 is 0 Å². The van der Waals surface area contributed by atoms with Crippen LogP contribution in [-0.4, -0.2) is 39.7 Å². The summed E-state index contributed by atoms with van der Waals surface area (Å²) in [5, 5.41) is 29.4. The number of ether oxygens (including phenoxy) is 1. The summed E-state index contributed by atoms with van der Waals surface area (Å²) >= 11 is 0. The van der Waals surface area contributed by atoms with Crippen LogP contribution in [0.5, 0.6) is 5.75 Å². The molecule has 0 radical (unpaired) electrons. The van der Waals surface area contributed by atoms with Crippen molar-refractivity contribution >= 4 is 0 Å². The van der Waals surface area contributed by atoms with Crippen molar-refractivity contribution < 1.29 is 20.1 Å². The SMILES string of the molecule is CCC(CC(CC(C)O)OC1CC2CC1CC2O)c1ccc(O)cc1. The molecule has 1 aromatic rings. The highest BCUT2D eigenvalue weighted by atomic mass is 16.5. The zero-order chi connectivity index (χ0) is 18.0. The molecular weight excluding hydrogens is 316 g/mol. The Morgan fingerprint density at radius 2 is 1.80 bits per heavy atom. The Hall–Kier alpha value is -1.10. The van der Waals surface area contributed by atoms with Crippen molar-refractivity contribution in [2.24, 2.45) is 11.8 Å². The highest BCUT2D eigenvalue weighted by molar-refractivity contribution is 5.28. The molecule has 2 bridgehead atoms. The van der Waals surface area contributed by atoms with Crippen LogP contribution in [0.1, 0.15) is 63.9 Å². The molecule has 0 amide bonds. The lowest BCUT2D eigenvalue weighted by atomic mass is 9.88. The molecule has 2 fully saturated rings. The normalized spacial score (nSPS) is 31.8. The van der Waals surface area contributed by atoms with Gasteiger partial charge in [-0.05, 0) is 80.9 Å². The predicted molar refractivity (Wildman–Crippen MR) is 97.6 cm³/mol. The van der Waals surface area contributed by atoms with Crippen molar-refractivity contribution in [1.82, 2.24) is 0 Å². The van der Waals surface area contributed by atoms with Crippen molar-refractivity contribution in [3.8, 4) is 5.75 Å². The molecule has 0 spiro atoms. The molecule has 25 heavy (non-hydrogen) atoms. The van der Waals surface area contributed by atoms with Crippen LogP contribution < -0.4 is 0 Å². The second-order valence-corrected chi connectivity index (χ2v) is 8.11. The van der Waals surface area contributed by atoms with Crippen LogP contribution in [0.2, 0.25) is 0 Å². The molecule has 4 nitrogen and oxygen atoms in total. The van der Waals surface area contributed by atoms with E-state index in [1.54, 1.807) is 12.1 Å². The van der Waals surface area contributed by atoms with Gasteiger partial charge in [-0.3, -0.25) is 0 Å². The van der Waals surface area contributed by atoms with Crippen molar-refractivity contribution in [2.45, 2.75) is 82.7 Å². The minimum absolute atomic E-state index is 0.0280. The Kier molecular flexibility index (Phi) is 6.03. The summed E-state index contributed by atoms with van der Waals surface area (Å²) in [6.07, 6.45) is 5.17. The zero-order valence-electron chi connectivity index (χ0n) is 15.3. The number of hydrogen-bond donors (Lipinski definition) is 3. The molecule has 0 saturated heterocycles. The van der Waals surface area contributed by atoms with Crippen molar-refractivity contribution in [3.63, 3.8) is 0 Å². The quantitative estimate of drug-likeness (QED) is 0.671. The fourth-order valence-corrected chi connectivity index (χ4v) is 4.80. The van der Waals surface area contributed by atoms with E-state index in [2.05, 4.69) is 6.92 Å². The van der Waals surface area contributed by atoms with Gasteiger partial charge in [-0.1, -0.05) is 19.1 Å². The third-order valence-corrected chi connectivity index (χ3v) is 6.13. The minimum atomic E-state index is -0.383. The zero-order valence-corrected chi connectivity index (χ0v) is 15.3. The van der Waals surface area contributed by atoms with Crippen molar-refractivity contribution in [2.75, 3.05) is 0 Å². The number of aliphatic hydroxyl groups excluding tert-OH is 2. The molecule has 0 heterocycles. The Balaban J connectivity index is 1.64. The molecule has 2 saturated carbocycles. The molecular formula is C21H32O4. The second kappa shape index (κ2) is 8.07. The lowest BCUT2D eigenvalue weighted by molar-refractivity contribution is -0.0738. The first kappa shape index (κ1) is 18.7. The molecule has 0 aromatic heterocycles. The topological polar surface area (TPSA) is 69.9 Å². The summed E-state index contributed by atoms with van der Waals surface area (Å²) in [5.74, 6) is 1.52. The van der Waals surface area contributed by atoms with E-state index in [4.69, 9.17) is 4.74 Å². The van der Waals surface area contributed by atoms with Crippen LogP contribution >= 0.6 is 0 Å². The smallest absolute Gasteiger partial charge is 0.115 e. The summed E-state index contributed by atoms with van der Waals surface area (Å²) in [4.78, 5) is 0. The molecule has 1 aromatic carbocycles. The van der Waals surface area contributed by atoms with Crippen LogP contribution in [0, 0.1) is 11.8 Å². The van der Waals surface area contributed by atoms with Crippen LogP contribution in [0.25, 0.3) is 0 Å². The minimum Gasteiger partial charge on any atom is -0.508 e. The Morgan fingerprint density at radius 3 is 2.32 bits per heavy atom. The highest BCUT2D eigenvalue weighted by Crippen LogP contribution is 2.47. The lowest BCUT2D eigenvalue weighted by Gasteiger charge is -2.32. The Morgan fingerprint density at radius 1 is 1.08 bits per heavy atom. The summed E-state index contributed by atoms with van der Waals surface area (Å²) in [6.45, 7) is 3.99. The van der Waals surface area contributed by atoms with Gasteiger partial charge in [0.15, 0.2) is 0 Å². The van der Waals surface area contributed by atoms with E-state index >= 15 is 0 Å². The predicted octanol–water partition coefficient (Wildman–Crippen LogP) is 3.59. The number of hydrogen-bond acceptors (Lipinski definition) is 4. The van der Waals surface area contributed by atoms with Gasteiger partial charge in [0.2, 0.25) is 0 Å². The Labute approximate surface area is 150 Å². The Bertz CT molecular complexity index is 539. The molecule has 4 heteroatoms. The average Bonchev–Trinajstić information content (AvgIpc) is 3.11. The van der Waals surface area contributed by atoms with E-state index in [1.807, 2.05) is 19.1 Å². The van der Waals surface area contributed by atoms with Gasteiger partial charge in [0.25, 0.3) is 0 Å². The number of phenols is 1. The molecule has 7 unspecified atom stereocenters. The molecule has 3 N–H and O–H groups in total. The van der Waals surface area contributed by atoms with Gasteiger partial charge < -0.3 is 20.1 Å². The molecule has 2 aliphatic rings. The van der Waals surface area contributed by atoms with Crippen LogP contribution in [0.3, 0.4) is 0 Å². The van der Waals surface area contributed by atoms with Crippen molar-refractivity contribution in [1.29, 1.82) is 0 Å². The van der Waals surface area contributed by atoms with Gasteiger partial charge in [0, 0.05) is 0 Å². The van der Waals surface area contributed by atoms with Gasteiger partial charge in [0.05, 0.1) is 24.4 Å². The fourth-order valence-electron chi connectivity index (χ4n) is 4.80. The largest absolute Gasteiger partial charge is 0.508 e. The molecule has 7 atom stereocenters.